The average Bonchev–Trinajstić information content (AvgIpc) is 2.52. The first kappa shape index (κ1) is 13.9. The third-order valence-corrected chi connectivity index (χ3v) is 2.90. The fourth-order valence-corrected chi connectivity index (χ4v) is 1.89. The van der Waals surface area contributed by atoms with Crippen LogP contribution in [0.3, 0.4) is 0 Å². The number of carbonyl (C=O) groups excluding carboxylic acids is 1. The summed E-state index contributed by atoms with van der Waals surface area (Å²) in [4.78, 5) is 12.0. The Morgan fingerprint density at radius 3 is 2.50 bits per heavy atom. The number of anilines is 1. The van der Waals surface area contributed by atoms with Crippen molar-refractivity contribution in [3.05, 3.63) is 78.4 Å². The largest absolute Gasteiger partial charge is 0.380 e. The molecule has 0 aliphatic carbocycles. The first-order chi connectivity index (χ1) is 9.81. The molecule has 0 aromatic heterocycles. The van der Waals surface area contributed by atoms with Gasteiger partial charge in [0.05, 0.1) is 5.56 Å². The molecule has 20 heavy (non-hydrogen) atoms. The Labute approximate surface area is 119 Å². The molecule has 0 spiro atoms. The smallest absolute Gasteiger partial charge is 0.253 e. The fourth-order valence-electron chi connectivity index (χ4n) is 1.89. The van der Waals surface area contributed by atoms with Crippen LogP contribution in [0.1, 0.15) is 15.9 Å². The van der Waals surface area contributed by atoms with Crippen LogP contribution in [-0.4, -0.2) is 12.5 Å². The maximum Gasteiger partial charge on any atom is 0.253 e. The Kier molecular flexibility index (Phi) is 4.95. The molecule has 2 N–H and O–H groups in total. The summed E-state index contributed by atoms with van der Waals surface area (Å²) in [6, 6.07) is 17.6. The van der Waals surface area contributed by atoms with Crippen molar-refractivity contribution >= 4 is 11.6 Å². The second-order valence-electron chi connectivity index (χ2n) is 4.38. The number of rotatable bonds is 6. The van der Waals surface area contributed by atoms with Crippen molar-refractivity contribution in [1.29, 1.82) is 0 Å². The van der Waals surface area contributed by atoms with Crippen molar-refractivity contribution in [1.82, 2.24) is 5.32 Å². The molecule has 3 heteroatoms. The summed E-state index contributed by atoms with van der Waals surface area (Å²) in [5.41, 5.74) is 2.65. The Balaban J connectivity index is 2.07. The van der Waals surface area contributed by atoms with E-state index in [0.717, 1.165) is 5.69 Å². The van der Waals surface area contributed by atoms with Crippen LogP contribution >= 0.6 is 0 Å². The molecule has 2 aromatic rings. The molecule has 0 saturated carbocycles. The van der Waals surface area contributed by atoms with Crippen molar-refractivity contribution < 1.29 is 4.79 Å². The van der Waals surface area contributed by atoms with E-state index < -0.39 is 0 Å². The van der Waals surface area contributed by atoms with E-state index >= 15 is 0 Å². The minimum absolute atomic E-state index is 0.0962. The average molecular weight is 266 g/mol. The molecular formula is C17H18N2O. The molecule has 1 amide bonds. The number of para-hydroxylation sites is 1. The summed E-state index contributed by atoms with van der Waals surface area (Å²) in [6.07, 6.45) is 1.66. The van der Waals surface area contributed by atoms with Gasteiger partial charge in [0.2, 0.25) is 0 Å². The molecule has 0 atom stereocenters. The van der Waals surface area contributed by atoms with Gasteiger partial charge in [0.1, 0.15) is 0 Å². The fraction of sp³-hybridized carbons (Fsp3) is 0.118. The lowest BCUT2D eigenvalue weighted by Crippen LogP contribution is -2.24. The third-order valence-electron chi connectivity index (χ3n) is 2.90. The maximum absolute atomic E-state index is 12.0. The minimum atomic E-state index is -0.0962. The van der Waals surface area contributed by atoms with Crippen LogP contribution in [0, 0.1) is 0 Å². The maximum atomic E-state index is 12.0. The summed E-state index contributed by atoms with van der Waals surface area (Å²) < 4.78 is 0. The molecule has 0 aliphatic heterocycles. The highest BCUT2D eigenvalue weighted by molar-refractivity contribution is 5.99. The minimum Gasteiger partial charge on any atom is -0.380 e. The van der Waals surface area contributed by atoms with Gasteiger partial charge in [-0.3, -0.25) is 4.79 Å². The summed E-state index contributed by atoms with van der Waals surface area (Å²) in [7, 11) is 0. The number of carbonyl (C=O) groups is 1. The predicted molar refractivity (Wildman–Crippen MR) is 82.7 cm³/mol. The third kappa shape index (κ3) is 3.72. The zero-order chi connectivity index (χ0) is 14.2. The molecule has 2 rings (SSSR count). The quantitative estimate of drug-likeness (QED) is 0.788. The van der Waals surface area contributed by atoms with Gasteiger partial charge in [-0.15, -0.1) is 6.58 Å². The highest BCUT2D eigenvalue weighted by Gasteiger charge is 2.09. The first-order valence-corrected chi connectivity index (χ1v) is 6.57. The lowest BCUT2D eigenvalue weighted by molar-refractivity contribution is 0.0959. The van der Waals surface area contributed by atoms with Gasteiger partial charge < -0.3 is 10.6 Å². The lowest BCUT2D eigenvalue weighted by Gasteiger charge is -2.11. The van der Waals surface area contributed by atoms with Gasteiger partial charge in [0.25, 0.3) is 5.91 Å². The standard InChI is InChI=1S/C17H18N2O/c1-2-12-18-17(20)15-10-6-7-11-16(15)19-13-14-8-4-3-5-9-14/h2-11,19H,1,12-13H2,(H,18,20). The van der Waals surface area contributed by atoms with Crippen LogP contribution in [0.4, 0.5) is 5.69 Å². The van der Waals surface area contributed by atoms with Gasteiger partial charge in [-0.25, -0.2) is 0 Å². The highest BCUT2D eigenvalue weighted by atomic mass is 16.1. The molecule has 0 radical (unpaired) electrons. The monoisotopic (exact) mass is 266 g/mol. The van der Waals surface area contributed by atoms with Gasteiger partial charge in [-0.2, -0.15) is 0 Å². The highest BCUT2D eigenvalue weighted by Crippen LogP contribution is 2.16. The SMILES string of the molecule is C=CCNC(=O)c1ccccc1NCc1ccccc1. The van der Waals surface area contributed by atoms with Crippen molar-refractivity contribution in [2.45, 2.75) is 6.54 Å². The second-order valence-corrected chi connectivity index (χ2v) is 4.38. The topological polar surface area (TPSA) is 41.1 Å². The van der Waals surface area contributed by atoms with Crippen LogP contribution in [0.2, 0.25) is 0 Å². The van der Waals surface area contributed by atoms with E-state index in [2.05, 4.69) is 17.2 Å². The Morgan fingerprint density at radius 1 is 1.05 bits per heavy atom. The molecule has 3 nitrogen and oxygen atoms in total. The summed E-state index contributed by atoms with van der Waals surface area (Å²) in [6.45, 7) is 4.75. The van der Waals surface area contributed by atoms with E-state index in [4.69, 9.17) is 0 Å². The van der Waals surface area contributed by atoms with E-state index in [0.29, 0.717) is 18.7 Å². The lowest BCUT2D eigenvalue weighted by atomic mass is 10.1. The Morgan fingerprint density at radius 2 is 1.75 bits per heavy atom. The normalized spacial score (nSPS) is 9.80. The van der Waals surface area contributed by atoms with Crippen molar-refractivity contribution in [2.24, 2.45) is 0 Å². The number of hydrogen-bond acceptors (Lipinski definition) is 2. The molecular weight excluding hydrogens is 248 g/mol. The molecule has 0 unspecified atom stereocenters. The number of benzene rings is 2. The van der Waals surface area contributed by atoms with Crippen molar-refractivity contribution in [2.75, 3.05) is 11.9 Å². The summed E-state index contributed by atoms with van der Waals surface area (Å²) in [5, 5.41) is 6.09. The number of hydrogen-bond donors (Lipinski definition) is 2. The van der Waals surface area contributed by atoms with Crippen molar-refractivity contribution in [3.63, 3.8) is 0 Å². The predicted octanol–water partition coefficient (Wildman–Crippen LogP) is 3.21. The van der Waals surface area contributed by atoms with Gasteiger partial charge in [0, 0.05) is 18.8 Å². The molecule has 102 valence electrons. The van der Waals surface area contributed by atoms with E-state index in [9.17, 15) is 4.79 Å². The van der Waals surface area contributed by atoms with Crippen LogP contribution in [0.25, 0.3) is 0 Å². The van der Waals surface area contributed by atoms with E-state index in [1.807, 2.05) is 54.6 Å². The summed E-state index contributed by atoms with van der Waals surface area (Å²) >= 11 is 0. The van der Waals surface area contributed by atoms with Gasteiger partial charge in [-0.1, -0.05) is 48.5 Å². The second kappa shape index (κ2) is 7.14. The van der Waals surface area contributed by atoms with Crippen LogP contribution < -0.4 is 10.6 Å². The zero-order valence-electron chi connectivity index (χ0n) is 11.3. The van der Waals surface area contributed by atoms with Gasteiger partial charge in [-0.05, 0) is 17.7 Å². The zero-order valence-corrected chi connectivity index (χ0v) is 11.3. The van der Waals surface area contributed by atoms with Crippen molar-refractivity contribution in [3.8, 4) is 0 Å². The Hall–Kier alpha value is -2.55. The Bertz CT molecular complexity index is 579. The van der Waals surface area contributed by atoms with Crippen LogP contribution in [0.5, 0.6) is 0 Å². The molecule has 2 aromatic carbocycles. The molecule has 0 aliphatic rings. The van der Waals surface area contributed by atoms with Crippen LogP contribution in [-0.2, 0) is 6.54 Å². The molecule has 0 saturated heterocycles. The summed E-state index contributed by atoms with van der Waals surface area (Å²) in [5.74, 6) is -0.0962. The number of amides is 1. The van der Waals surface area contributed by atoms with Crippen LogP contribution in [0.15, 0.2) is 67.3 Å². The van der Waals surface area contributed by atoms with Gasteiger partial charge >= 0.3 is 0 Å². The van der Waals surface area contributed by atoms with Gasteiger partial charge in [0.15, 0.2) is 0 Å². The number of nitrogens with one attached hydrogen (secondary N) is 2. The molecule has 0 fully saturated rings. The molecule has 0 heterocycles. The van der Waals surface area contributed by atoms with E-state index in [1.165, 1.54) is 5.56 Å². The van der Waals surface area contributed by atoms with E-state index in [-0.39, 0.29) is 5.91 Å². The first-order valence-electron chi connectivity index (χ1n) is 6.57. The molecule has 0 bridgehead atoms. The van der Waals surface area contributed by atoms with E-state index in [1.54, 1.807) is 6.08 Å².